The zero-order chi connectivity index (χ0) is 65.1. The van der Waals surface area contributed by atoms with Crippen molar-refractivity contribution in [3.63, 3.8) is 0 Å². The summed E-state index contributed by atoms with van der Waals surface area (Å²) in [5.41, 5.74) is 1.77. The molecule has 1 aromatic heterocycles. The summed E-state index contributed by atoms with van der Waals surface area (Å²) in [6.45, 7) is 5.68. The van der Waals surface area contributed by atoms with E-state index in [0.29, 0.717) is 0 Å². The van der Waals surface area contributed by atoms with Crippen molar-refractivity contribution >= 4 is 46.8 Å². The third-order valence-electron chi connectivity index (χ3n) is 13.6. The lowest BCUT2D eigenvalue weighted by molar-refractivity contribution is -0.351. The summed E-state index contributed by atoms with van der Waals surface area (Å²) in [6, 6.07) is 42.4. The first-order chi connectivity index (χ1) is 43.7. The number of esters is 6. The smallest absolute Gasteiger partial charge is 0.303 e. The summed E-state index contributed by atoms with van der Waals surface area (Å²) in [5, 5.41) is 22.8. The molecule has 1 aliphatic heterocycles. The van der Waals surface area contributed by atoms with Crippen molar-refractivity contribution in [2.75, 3.05) is 13.2 Å². The maximum atomic E-state index is 15.5. The Morgan fingerprint density at radius 1 is 0.538 bits per heavy atom. The second-order valence-electron chi connectivity index (χ2n) is 20.8. The fourth-order valence-corrected chi connectivity index (χ4v) is 9.56. The first-order valence-electron chi connectivity index (χ1n) is 28.7. The normalized spacial score (nSPS) is 17.4. The van der Waals surface area contributed by atoms with E-state index in [0.717, 1.165) is 63.8 Å². The molecule has 8 rings (SSSR count). The van der Waals surface area contributed by atoms with Crippen molar-refractivity contribution in [3.05, 3.63) is 178 Å². The molecule has 7 aromatic rings. The molecular weight excluding hydrogens is 1190 g/mol. The van der Waals surface area contributed by atoms with Gasteiger partial charge in [0.2, 0.25) is 11.2 Å². The number of phenolic OH excluding ortho intramolecular Hbond substituents is 1. The Bertz CT molecular complexity index is 3610. The van der Waals surface area contributed by atoms with Gasteiger partial charge in [-0.25, -0.2) is 0 Å². The molecule has 2 N–H and O–H groups in total. The van der Waals surface area contributed by atoms with E-state index in [4.69, 9.17) is 71.0 Å². The Labute approximate surface area is 522 Å². The van der Waals surface area contributed by atoms with E-state index in [1.54, 1.807) is 0 Å². The molecule has 6 aromatic carbocycles. The Morgan fingerprint density at radius 3 is 1.51 bits per heavy atom. The lowest BCUT2D eigenvalue weighted by atomic mass is 9.97. The van der Waals surface area contributed by atoms with Gasteiger partial charge >= 0.3 is 35.8 Å². The lowest BCUT2D eigenvalue weighted by Crippen LogP contribution is -2.64. The largest absolute Gasteiger partial charge is 0.507 e. The quantitative estimate of drug-likeness (QED) is 0.0192. The van der Waals surface area contributed by atoms with Gasteiger partial charge in [0.25, 0.3) is 5.75 Å². The summed E-state index contributed by atoms with van der Waals surface area (Å²) < 4.78 is 78.5. The minimum Gasteiger partial charge on any atom is -0.507 e. The SMILES string of the molecule is CC(=O)OC[C@H]1O[C@@H](O[C@@H]([C@H](OC(C)=O)[C@H](C)O)[C@@H](COC(C)=O)OOc2c(-c3cc(OCc4ccccc4)c(OCc4ccccc4)c(OCc4ccccc4)c3)oc3cc(OCc4ccccc4)cc(O)c3c2=O)[C@H](OC(C)=O)[C@@H](OC(C)=O)[C@H]1OC(C)=O. The molecular formula is C67H68O24. The zero-order valence-corrected chi connectivity index (χ0v) is 50.7. The first kappa shape index (κ1) is 66.9. The number of ether oxygens (including phenoxy) is 12. The van der Waals surface area contributed by atoms with Crippen LogP contribution in [-0.4, -0.2) is 114 Å². The van der Waals surface area contributed by atoms with Gasteiger partial charge in [-0.1, -0.05) is 121 Å². The van der Waals surface area contributed by atoms with Gasteiger partial charge in [-0.2, -0.15) is 4.89 Å². The Balaban J connectivity index is 1.32. The summed E-state index contributed by atoms with van der Waals surface area (Å²) in [6.07, 6.45) is -16.7. The molecule has 0 aliphatic carbocycles. The minimum absolute atomic E-state index is 0.00878. The highest BCUT2D eigenvalue weighted by Crippen LogP contribution is 2.46. The van der Waals surface area contributed by atoms with Crippen molar-refractivity contribution in [2.24, 2.45) is 0 Å². The summed E-state index contributed by atoms with van der Waals surface area (Å²) in [5.74, 6) is -7.22. The van der Waals surface area contributed by atoms with Gasteiger partial charge in [0.15, 0.2) is 54.1 Å². The number of aliphatic hydroxyl groups is 1. The van der Waals surface area contributed by atoms with Crippen molar-refractivity contribution in [3.8, 4) is 45.8 Å². The van der Waals surface area contributed by atoms with E-state index in [2.05, 4.69) is 0 Å². The van der Waals surface area contributed by atoms with Crippen LogP contribution >= 0.6 is 0 Å². The molecule has 1 aliphatic rings. The monoisotopic (exact) mass is 1260 g/mol. The standard InChI is InChI=1S/C67H68O24/c1-38(68)59(83-41(4)71)63(89-67-66(86-44(7)74)65(85-43(6)73)62(84-42(5)72)55(88-67)36-77-39(2)69)56(37-78-40(3)70)90-91-64-58(76)57-51(75)30-50(79-32-45-20-12-8-13-21-45)31-52(57)87-60(64)49-28-53(80-33-46-22-14-9-15-23-46)61(82-35-48-26-18-11-19-27-48)54(29-49)81-34-47-24-16-10-17-25-47/h8-31,38,55-56,59,62-63,65-68,75H,32-37H2,1-7H3/t38-,55+,56+,59+,62-,63+,65-,66+,67-/m0/s1. The molecule has 480 valence electrons. The van der Waals surface area contributed by atoms with E-state index >= 15 is 4.79 Å². The molecule has 0 radical (unpaired) electrons. The van der Waals surface area contributed by atoms with E-state index in [-0.39, 0.29) is 60.6 Å². The molecule has 9 atom stereocenters. The van der Waals surface area contributed by atoms with Crippen LogP contribution in [0.3, 0.4) is 0 Å². The number of aliphatic hydroxyl groups excluding tert-OH is 1. The summed E-state index contributed by atoms with van der Waals surface area (Å²) in [7, 11) is 0. The van der Waals surface area contributed by atoms with Gasteiger partial charge in [0.05, 0.1) is 6.10 Å². The van der Waals surface area contributed by atoms with Gasteiger partial charge in [0, 0.05) is 59.2 Å². The Kier molecular flexibility index (Phi) is 23.5. The van der Waals surface area contributed by atoms with Gasteiger partial charge in [0.1, 0.15) is 74.3 Å². The zero-order valence-electron chi connectivity index (χ0n) is 50.7. The topological polar surface area (TPSA) is 302 Å². The van der Waals surface area contributed by atoms with Crippen LogP contribution in [0.5, 0.6) is 34.5 Å². The molecule has 0 amide bonds. The van der Waals surface area contributed by atoms with Crippen LogP contribution in [0.25, 0.3) is 22.3 Å². The highest BCUT2D eigenvalue weighted by Gasteiger charge is 2.55. The maximum Gasteiger partial charge on any atom is 0.303 e. The lowest BCUT2D eigenvalue weighted by Gasteiger charge is -2.45. The number of hydrogen-bond donors (Lipinski definition) is 2. The van der Waals surface area contributed by atoms with Gasteiger partial charge < -0.3 is 76.4 Å². The molecule has 1 fully saturated rings. The molecule has 0 saturated carbocycles. The molecule has 91 heavy (non-hydrogen) atoms. The average molecular weight is 1260 g/mol. The fraction of sp³-hybridized carbons (Fsp3) is 0.328. The molecule has 0 bridgehead atoms. The average Bonchev–Trinajstić information content (AvgIpc) is 0.815. The number of carbonyl (C=O) groups excluding carboxylic acids is 6. The number of aromatic hydroxyl groups is 1. The molecule has 0 unspecified atom stereocenters. The van der Waals surface area contributed by atoms with Gasteiger partial charge in [-0.05, 0) is 41.3 Å². The van der Waals surface area contributed by atoms with Crippen LogP contribution in [0.2, 0.25) is 0 Å². The highest BCUT2D eigenvalue weighted by atomic mass is 17.2. The van der Waals surface area contributed by atoms with E-state index in [9.17, 15) is 39.0 Å². The van der Waals surface area contributed by atoms with Crippen LogP contribution in [0.1, 0.15) is 70.7 Å². The number of benzene rings is 6. The van der Waals surface area contributed by atoms with E-state index in [1.165, 1.54) is 31.2 Å². The number of fused-ring (bicyclic) bond motifs is 1. The van der Waals surface area contributed by atoms with Crippen molar-refractivity contribution in [1.29, 1.82) is 0 Å². The van der Waals surface area contributed by atoms with Crippen LogP contribution < -0.4 is 29.3 Å². The van der Waals surface area contributed by atoms with Crippen LogP contribution in [0.4, 0.5) is 0 Å². The van der Waals surface area contributed by atoms with Crippen molar-refractivity contribution < 1.29 is 110 Å². The molecule has 0 spiro atoms. The molecule has 24 nitrogen and oxygen atoms in total. The van der Waals surface area contributed by atoms with Crippen LogP contribution in [0.15, 0.2) is 155 Å². The highest BCUT2D eigenvalue weighted by molar-refractivity contribution is 5.89. The molecule has 24 heteroatoms. The number of phenols is 1. The second-order valence-corrected chi connectivity index (χ2v) is 20.8. The van der Waals surface area contributed by atoms with E-state index in [1.807, 2.05) is 121 Å². The third kappa shape index (κ3) is 18.8. The Morgan fingerprint density at radius 2 is 1.02 bits per heavy atom. The predicted molar refractivity (Wildman–Crippen MR) is 319 cm³/mol. The molecule has 2 heterocycles. The molecule has 1 saturated heterocycles. The van der Waals surface area contributed by atoms with Gasteiger partial charge in [-0.15, -0.1) is 0 Å². The fourth-order valence-electron chi connectivity index (χ4n) is 9.56. The van der Waals surface area contributed by atoms with Crippen molar-refractivity contribution in [2.45, 2.75) is 130 Å². The van der Waals surface area contributed by atoms with Crippen LogP contribution in [-0.2, 0) is 98.0 Å². The first-order valence-corrected chi connectivity index (χ1v) is 28.7. The van der Waals surface area contributed by atoms with E-state index < -0.39 is 132 Å². The third-order valence-corrected chi connectivity index (χ3v) is 13.6. The summed E-state index contributed by atoms with van der Waals surface area (Å²) >= 11 is 0. The minimum atomic E-state index is -2.06. The van der Waals surface area contributed by atoms with Crippen LogP contribution in [0, 0.1) is 0 Å². The van der Waals surface area contributed by atoms with Gasteiger partial charge in [-0.3, -0.25) is 33.6 Å². The predicted octanol–water partition coefficient (Wildman–Crippen LogP) is 8.50. The summed E-state index contributed by atoms with van der Waals surface area (Å²) in [4.78, 5) is 104. The number of hydrogen-bond acceptors (Lipinski definition) is 24. The van der Waals surface area contributed by atoms with Crippen molar-refractivity contribution in [1.82, 2.24) is 0 Å². The number of carbonyl (C=O) groups is 6. The number of rotatable bonds is 29. The second kappa shape index (κ2) is 31.9. The Hall–Kier alpha value is -10.0. The maximum absolute atomic E-state index is 15.5.